The van der Waals surface area contributed by atoms with E-state index in [2.05, 4.69) is 142 Å². The molecule has 0 fully saturated rings. The quantitative estimate of drug-likeness (QED) is 0.0262. The van der Waals surface area contributed by atoms with Gasteiger partial charge in [0.05, 0.1) is 0 Å². The second-order valence-corrected chi connectivity index (χ2v) is 18.1. The van der Waals surface area contributed by atoms with E-state index in [0.717, 1.165) is 109 Å². The summed E-state index contributed by atoms with van der Waals surface area (Å²) in [7, 11) is 0. The summed E-state index contributed by atoms with van der Waals surface area (Å²) in [5, 5.41) is 0. The molecule has 0 aliphatic carbocycles. The number of esters is 3. The zero-order valence-corrected chi connectivity index (χ0v) is 44.5. The molecule has 0 aliphatic rings. The van der Waals surface area contributed by atoms with E-state index in [1.54, 1.807) is 0 Å². The fraction of sp³-hybridized carbons (Fsp3) is 0.635. The lowest BCUT2D eigenvalue weighted by atomic mass is 10.1. The Morgan fingerprint density at radius 1 is 0.290 bits per heavy atom. The Hall–Kier alpha value is -4.19. The molecule has 0 amide bonds. The molecule has 0 saturated heterocycles. The SMILES string of the molecule is CCCCC/C=C\C/C=C\C/C=C\C/C=C\CCCCCC(=O)O[C@@H](COC(=O)CCCC/C=C\C/C=C\C/C=C\CCCCC)COC(=O)CCCCCC/C=C\C/C=C\C/C=C\CCCCC. The molecule has 6 heteroatoms. The van der Waals surface area contributed by atoms with Crippen LogP contribution in [0.15, 0.2) is 122 Å². The van der Waals surface area contributed by atoms with E-state index >= 15 is 0 Å². The van der Waals surface area contributed by atoms with Crippen molar-refractivity contribution in [2.75, 3.05) is 13.2 Å². The van der Waals surface area contributed by atoms with Crippen molar-refractivity contribution < 1.29 is 28.6 Å². The average molecular weight is 956 g/mol. The van der Waals surface area contributed by atoms with Gasteiger partial charge in [0.2, 0.25) is 0 Å². The maximum atomic E-state index is 12.8. The number of hydrogen-bond donors (Lipinski definition) is 0. The Morgan fingerprint density at radius 3 is 0.841 bits per heavy atom. The molecule has 0 aromatic heterocycles. The number of unbranched alkanes of at least 4 members (excludes halogenated alkanes) is 18. The van der Waals surface area contributed by atoms with Gasteiger partial charge < -0.3 is 14.2 Å². The Bertz CT molecular complexity index is 1470. The molecule has 0 heterocycles. The smallest absolute Gasteiger partial charge is 0.306 e. The molecule has 0 aromatic carbocycles. The molecule has 69 heavy (non-hydrogen) atoms. The average Bonchev–Trinajstić information content (AvgIpc) is 3.35. The molecule has 0 aromatic rings. The zero-order chi connectivity index (χ0) is 50.0. The Morgan fingerprint density at radius 2 is 0.522 bits per heavy atom. The van der Waals surface area contributed by atoms with Crippen LogP contribution in [-0.2, 0) is 28.6 Å². The Kier molecular flexibility index (Phi) is 53.0. The van der Waals surface area contributed by atoms with Crippen LogP contribution in [0.2, 0.25) is 0 Å². The molecule has 0 aliphatic heterocycles. The monoisotopic (exact) mass is 955 g/mol. The van der Waals surface area contributed by atoms with Crippen molar-refractivity contribution >= 4 is 17.9 Å². The van der Waals surface area contributed by atoms with Gasteiger partial charge in [0.25, 0.3) is 0 Å². The van der Waals surface area contributed by atoms with Crippen molar-refractivity contribution in [3.63, 3.8) is 0 Å². The van der Waals surface area contributed by atoms with Crippen molar-refractivity contribution in [1.82, 2.24) is 0 Å². The van der Waals surface area contributed by atoms with Crippen molar-refractivity contribution in [2.24, 2.45) is 0 Å². The summed E-state index contributed by atoms with van der Waals surface area (Å²) >= 11 is 0. The molecule has 0 radical (unpaired) electrons. The van der Waals surface area contributed by atoms with Crippen LogP contribution in [0, 0.1) is 0 Å². The lowest BCUT2D eigenvalue weighted by Gasteiger charge is -2.18. The van der Waals surface area contributed by atoms with Crippen LogP contribution in [0.3, 0.4) is 0 Å². The van der Waals surface area contributed by atoms with Gasteiger partial charge in [-0.05, 0) is 141 Å². The van der Waals surface area contributed by atoms with E-state index in [1.165, 1.54) is 77.0 Å². The van der Waals surface area contributed by atoms with E-state index in [1.807, 2.05) is 0 Å². The number of carbonyl (C=O) groups excluding carboxylic acids is 3. The van der Waals surface area contributed by atoms with Crippen molar-refractivity contribution in [1.29, 1.82) is 0 Å². The maximum absolute atomic E-state index is 12.8. The van der Waals surface area contributed by atoms with Gasteiger partial charge in [-0.3, -0.25) is 14.4 Å². The van der Waals surface area contributed by atoms with Crippen molar-refractivity contribution in [3.8, 4) is 0 Å². The summed E-state index contributed by atoms with van der Waals surface area (Å²) in [5.41, 5.74) is 0. The standard InChI is InChI=1S/C63H102O6/c1-4-7-10-13-16-19-22-25-28-30-31-33-36-39-42-45-48-51-54-57-63(66)69-60(58-67-61(64)55-52-49-46-43-40-37-34-27-24-21-18-15-12-9-6-3)59-68-62(65)56-53-50-47-44-41-38-35-32-29-26-23-20-17-14-11-8-5-2/h16-21,25-29,31,33-35,38-40,42-43,60H,4-15,22-24,30,32,36-37,41,44-59H2,1-3H3/b19-16-,20-17-,21-18-,28-25-,29-26-,33-31-,34-27-,38-35-,42-39-,43-40-/t60-/m0/s1. The highest BCUT2D eigenvalue weighted by Gasteiger charge is 2.19. The first-order chi connectivity index (χ1) is 34.0. The summed E-state index contributed by atoms with van der Waals surface area (Å²) < 4.78 is 16.8. The van der Waals surface area contributed by atoms with Crippen LogP contribution in [0.1, 0.15) is 239 Å². The lowest BCUT2D eigenvalue weighted by molar-refractivity contribution is -0.167. The number of ether oxygens (including phenoxy) is 3. The topological polar surface area (TPSA) is 78.9 Å². The van der Waals surface area contributed by atoms with Gasteiger partial charge in [-0.2, -0.15) is 0 Å². The number of allylic oxidation sites excluding steroid dienone is 20. The third-order valence-electron chi connectivity index (χ3n) is 11.4. The molecule has 0 N–H and O–H groups in total. The zero-order valence-electron chi connectivity index (χ0n) is 44.5. The normalized spacial score (nSPS) is 13.0. The van der Waals surface area contributed by atoms with E-state index < -0.39 is 6.10 Å². The summed E-state index contributed by atoms with van der Waals surface area (Å²) in [5.74, 6) is -1.01. The fourth-order valence-electron chi connectivity index (χ4n) is 7.14. The van der Waals surface area contributed by atoms with E-state index in [9.17, 15) is 14.4 Å². The minimum atomic E-state index is -0.824. The minimum absolute atomic E-state index is 0.118. The molecule has 0 spiro atoms. The molecular formula is C63H102O6. The number of rotatable bonds is 49. The highest BCUT2D eigenvalue weighted by atomic mass is 16.6. The van der Waals surface area contributed by atoms with Gasteiger partial charge in [0.1, 0.15) is 13.2 Å². The van der Waals surface area contributed by atoms with Gasteiger partial charge in [-0.1, -0.05) is 200 Å². The second-order valence-electron chi connectivity index (χ2n) is 18.1. The van der Waals surface area contributed by atoms with Crippen LogP contribution in [0.4, 0.5) is 0 Å². The van der Waals surface area contributed by atoms with Gasteiger partial charge in [0.15, 0.2) is 6.10 Å². The molecular weight excluding hydrogens is 853 g/mol. The molecule has 1 atom stereocenters. The third kappa shape index (κ3) is 54.6. The summed E-state index contributed by atoms with van der Waals surface area (Å²) in [6.45, 7) is 6.46. The van der Waals surface area contributed by atoms with Crippen LogP contribution >= 0.6 is 0 Å². The van der Waals surface area contributed by atoms with Gasteiger partial charge in [-0.25, -0.2) is 0 Å². The second kappa shape index (κ2) is 56.4. The molecule has 0 unspecified atom stereocenters. The first-order valence-corrected chi connectivity index (χ1v) is 28.0. The first kappa shape index (κ1) is 64.8. The third-order valence-corrected chi connectivity index (χ3v) is 11.4. The summed E-state index contributed by atoms with van der Waals surface area (Å²) in [6.07, 6.45) is 77.5. The summed E-state index contributed by atoms with van der Waals surface area (Å²) in [6, 6.07) is 0. The van der Waals surface area contributed by atoms with Crippen molar-refractivity contribution in [2.45, 2.75) is 245 Å². The highest BCUT2D eigenvalue weighted by molar-refractivity contribution is 5.71. The van der Waals surface area contributed by atoms with Gasteiger partial charge >= 0.3 is 17.9 Å². The van der Waals surface area contributed by atoms with Gasteiger partial charge in [-0.15, -0.1) is 0 Å². The van der Waals surface area contributed by atoms with E-state index in [4.69, 9.17) is 14.2 Å². The Labute approximate surface area is 424 Å². The molecule has 0 rings (SSSR count). The number of hydrogen-bond acceptors (Lipinski definition) is 6. The van der Waals surface area contributed by atoms with Crippen LogP contribution in [-0.4, -0.2) is 37.2 Å². The highest BCUT2D eigenvalue weighted by Crippen LogP contribution is 2.12. The lowest BCUT2D eigenvalue weighted by Crippen LogP contribution is -2.30. The van der Waals surface area contributed by atoms with Crippen LogP contribution in [0.5, 0.6) is 0 Å². The molecule has 6 nitrogen and oxygen atoms in total. The molecule has 0 saturated carbocycles. The van der Waals surface area contributed by atoms with E-state index in [0.29, 0.717) is 25.7 Å². The Balaban J connectivity index is 4.57. The number of carbonyl (C=O) groups is 3. The largest absolute Gasteiger partial charge is 0.462 e. The maximum Gasteiger partial charge on any atom is 0.306 e. The summed E-state index contributed by atoms with van der Waals surface area (Å²) in [4.78, 5) is 38.1. The van der Waals surface area contributed by atoms with E-state index in [-0.39, 0.29) is 37.5 Å². The predicted octanol–water partition coefficient (Wildman–Crippen LogP) is 18.9. The molecule has 390 valence electrons. The fourth-order valence-corrected chi connectivity index (χ4v) is 7.14. The predicted molar refractivity (Wildman–Crippen MR) is 297 cm³/mol. The van der Waals surface area contributed by atoms with Crippen molar-refractivity contribution in [3.05, 3.63) is 122 Å². The minimum Gasteiger partial charge on any atom is -0.462 e. The van der Waals surface area contributed by atoms with Gasteiger partial charge in [0, 0.05) is 19.3 Å². The van der Waals surface area contributed by atoms with Crippen LogP contribution < -0.4 is 0 Å². The molecule has 0 bridgehead atoms. The first-order valence-electron chi connectivity index (χ1n) is 28.0. The van der Waals surface area contributed by atoms with Crippen LogP contribution in [0.25, 0.3) is 0 Å².